The lowest BCUT2D eigenvalue weighted by Gasteiger charge is -2.38. The lowest BCUT2D eigenvalue weighted by Crippen LogP contribution is -2.26. The van der Waals surface area contributed by atoms with Crippen molar-refractivity contribution in [3.05, 3.63) is 10.0 Å². The Balaban J connectivity index is 1.53. The Labute approximate surface area is 132 Å². The molecule has 1 heterocycles. The summed E-state index contributed by atoms with van der Waals surface area (Å²) in [5.41, 5.74) is 0. The van der Waals surface area contributed by atoms with Gasteiger partial charge in [-0.15, -0.1) is 21.5 Å². The van der Waals surface area contributed by atoms with Crippen LogP contribution in [0.2, 0.25) is 0 Å². The zero-order valence-electron chi connectivity index (χ0n) is 13.5. The second kappa shape index (κ2) is 7.19. The number of hydrogen-bond acceptors (Lipinski definition) is 4. The van der Waals surface area contributed by atoms with Crippen molar-refractivity contribution in [2.45, 2.75) is 77.2 Å². The minimum Gasteiger partial charge on any atom is -0.314 e. The first kappa shape index (κ1) is 15.4. The van der Waals surface area contributed by atoms with Crippen molar-refractivity contribution in [1.29, 1.82) is 0 Å². The number of nitrogens with zero attached hydrogens (tertiary/aromatic N) is 2. The van der Waals surface area contributed by atoms with Crippen LogP contribution < -0.4 is 5.32 Å². The van der Waals surface area contributed by atoms with Crippen LogP contribution in [0.1, 0.15) is 74.7 Å². The van der Waals surface area contributed by atoms with Gasteiger partial charge in [0.05, 0.1) is 0 Å². The highest BCUT2D eigenvalue weighted by molar-refractivity contribution is 7.11. The number of rotatable bonds is 5. The normalized spacial score (nSPS) is 29.6. The summed E-state index contributed by atoms with van der Waals surface area (Å²) in [7, 11) is 0. The molecule has 2 saturated carbocycles. The number of nitrogens with one attached hydrogen (secondary N) is 1. The van der Waals surface area contributed by atoms with Crippen molar-refractivity contribution in [3.63, 3.8) is 0 Å². The molecule has 0 radical (unpaired) electrons. The summed E-state index contributed by atoms with van der Waals surface area (Å²) in [6, 6.07) is 0.555. The molecule has 0 aliphatic heterocycles. The van der Waals surface area contributed by atoms with Gasteiger partial charge in [-0.1, -0.05) is 39.5 Å². The summed E-state index contributed by atoms with van der Waals surface area (Å²) >= 11 is 1.87. The first-order chi connectivity index (χ1) is 10.2. The molecule has 3 unspecified atom stereocenters. The smallest absolute Gasteiger partial charge is 0.120 e. The van der Waals surface area contributed by atoms with Gasteiger partial charge in [0.15, 0.2) is 0 Å². The van der Waals surface area contributed by atoms with E-state index in [0.29, 0.717) is 12.0 Å². The minimum atomic E-state index is 0.555. The lowest BCUT2D eigenvalue weighted by molar-refractivity contribution is 0.155. The summed E-state index contributed by atoms with van der Waals surface area (Å²) in [6.45, 7) is 5.39. The number of hydrogen-bond donors (Lipinski definition) is 1. The Morgan fingerprint density at radius 3 is 2.71 bits per heavy atom. The van der Waals surface area contributed by atoms with Gasteiger partial charge in [-0.05, 0) is 31.1 Å². The van der Waals surface area contributed by atoms with E-state index in [0.717, 1.165) is 24.8 Å². The first-order valence-electron chi connectivity index (χ1n) is 8.78. The van der Waals surface area contributed by atoms with Gasteiger partial charge in [0.1, 0.15) is 10.0 Å². The van der Waals surface area contributed by atoms with Crippen molar-refractivity contribution in [3.8, 4) is 0 Å². The maximum atomic E-state index is 4.52. The zero-order chi connectivity index (χ0) is 14.7. The standard InChI is InChI=1S/C17H29N3S/c1-12(2)18-10-9-16-19-20-17(21-16)15-8-7-13-5-3-4-6-14(13)11-15/h12-15,18H,3-11H2,1-2H3. The van der Waals surface area contributed by atoms with Crippen molar-refractivity contribution < 1.29 is 0 Å². The fourth-order valence-corrected chi connectivity index (χ4v) is 5.09. The Bertz CT molecular complexity index is 443. The van der Waals surface area contributed by atoms with E-state index >= 15 is 0 Å². The molecule has 3 rings (SSSR count). The monoisotopic (exact) mass is 307 g/mol. The molecule has 2 aliphatic carbocycles. The summed E-state index contributed by atoms with van der Waals surface area (Å²) in [6.07, 6.45) is 11.1. The fourth-order valence-electron chi connectivity index (χ4n) is 4.10. The van der Waals surface area contributed by atoms with Crippen molar-refractivity contribution >= 4 is 11.3 Å². The SMILES string of the molecule is CC(C)NCCc1nnc(C2CCC3CCCCC3C2)s1. The van der Waals surface area contributed by atoms with Crippen LogP contribution in [0.15, 0.2) is 0 Å². The summed E-state index contributed by atoms with van der Waals surface area (Å²) in [5, 5.41) is 14.9. The third-order valence-corrected chi connectivity index (χ3v) is 6.41. The van der Waals surface area contributed by atoms with Gasteiger partial charge in [-0.25, -0.2) is 0 Å². The van der Waals surface area contributed by atoms with E-state index < -0.39 is 0 Å². The van der Waals surface area contributed by atoms with Crippen LogP contribution in [-0.4, -0.2) is 22.8 Å². The molecular formula is C17H29N3S. The topological polar surface area (TPSA) is 37.8 Å². The number of fused-ring (bicyclic) bond motifs is 1. The molecule has 2 aliphatic rings. The molecule has 0 bridgehead atoms. The quantitative estimate of drug-likeness (QED) is 0.888. The van der Waals surface area contributed by atoms with Crippen LogP contribution in [-0.2, 0) is 6.42 Å². The van der Waals surface area contributed by atoms with Crippen molar-refractivity contribution in [2.24, 2.45) is 11.8 Å². The maximum absolute atomic E-state index is 4.52. The lowest BCUT2D eigenvalue weighted by atomic mass is 9.68. The molecular weight excluding hydrogens is 278 g/mol. The molecule has 21 heavy (non-hydrogen) atoms. The van der Waals surface area contributed by atoms with Crippen LogP contribution in [0.5, 0.6) is 0 Å². The van der Waals surface area contributed by atoms with Gasteiger partial charge in [-0.2, -0.15) is 0 Å². The van der Waals surface area contributed by atoms with Crippen LogP contribution in [0.4, 0.5) is 0 Å². The summed E-state index contributed by atoms with van der Waals surface area (Å²) < 4.78 is 0. The molecule has 1 aromatic rings. The Morgan fingerprint density at radius 2 is 1.90 bits per heavy atom. The molecule has 118 valence electrons. The Morgan fingerprint density at radius 1 is 1.10 bits per heavy atom. The third kappa shape index (κ3) is 4.04. The first-order valence-corrected chi connectivity index (χ1v) is 9.59. The molecule has 0 saturated heterocycles. The van der Waals surface area contributed by atoms with Crippen molar-refractivity contribution in [2.75, 3.05) is 6.54 Å². The summed E-state index contributed by atoms with van der Waals surface area (Å²) in [4.78, 5) is 0. The highest BCUT2D eigenvalue weighted by Crippen LogP contribution is 2.46. The van der Waals surface area contributed by atoms with Gasteiger partial charge >= 0.3 is 0 Å². The molecule has 1 N–H and O–H groups in total. The fraction of sp³-hybridized carbons (Fsp3) is 0.882. The molecule has 4 heteroatoms. The largest absolute Gasteiger partial charge is 0.314 e. The van der Waals surface area contributed by atoms with E-state index in [1.807, 2.05) is 11.3 Å². The predicted octanol–water partition coefficient (Wildman–Crippen LogP) is 4.15. The van der Waals surface area contributed by atoms with Crippen LogP contribution >= 0.6 is 11.3 Å². The zero-order valence-corrected chi connectivity index (χ0v) is 14.3. The number of aromatic nitrogens is 2. The molecule has 0 amide bonds. The molecule has 3 atom stereocenters. The third-order valence-electron chi connectivity index (χ3n) is 5.26. The van der Waals surface area contributed by atoms with E-state index in [2.05, 4.69) is 29.4 Å². The molecule has 2 fully saturated rings. The average molecular weight is 308 g/mol. The van der Waals surface area contributed by atoms with Gasteiger partial charge in [0.25, 0.3) is 0 Å². The van der Waals surface area contributed by atoms with Crippen LogP contribution in [0.25, 0.3) is 0 Å². The van der Waals surface area contributed by atoms with Crippen molar-refractivity contribution in [1.82, 2.24) is 15.5 Å². The van der Waals surface area contributed by atoms with E-state index in [1.165, 1.54) is 55.0 Å². The van der Waals surface area contributed by atoms with E-state index in [4.69, 9.17) is 0 Å². The summed E-state index contributed by atoms with van der Waals surface area (Å²) in [5.74, 6) is 2.71. The van der Waals surface area contributed by atoms with Gasteiger partial charge in [0, 0.05) is 24.9 Å². The Hall–Kier alpha value is -0.480. The van der Waals surface area contributed by atoms with Crippen LogP contribution in [0, 0.1) is 11.8 Å². The van der Waals surface area contributed by atoms with Gasteiger partial charge < -0.3 is 5.32 Å². The van der Waals surface area contributed by atoms with E-state index in [9.17, 15) is 0 Å². The van der Waals surface area contributed by atoms with E-state index in [1.54, 1.807) is 0 Å². The van der Waals surface area contributed by atoms with E-state index in [-0.39, 0.29) is 0 Å². The Kier molecular flexibility index (Phi) is 5.28. The predicted molar refractivity (Wildman–Crippen MR) is 88.8 cm³/mol. The highest BCUT2D eigenvalue weighted by Gasteiger charge is 2.34. The molecule has 0 spiro atoms. The second-order valence-corrected chi connectivity index (χ2v) is 8.30. The second-order valence-electron chi connectivity index (χ2n) is 7.21. The maximum Gasteiger partial charge on any atom is 0.120 e. The molecule has 1 aromatic heterocycles. The highest BCUT2D eigenvalue weighted by atomic mass is 32.1. The molecule has 0 aromatic carbocycles. The minimum absolute atomic E-state index is 0.555. The van der Waals surface area contributed by atoms with Crippen LogP contribution in [0.3, 0.4) is 0 Å². The van der Waals surface area contributed by atoms with Gasteiger partial charge in [0.2, 0.25) is 0 Å². The molecule has 3 nitrogen and oxygen atoms in total. The van der Waals surface area contributed by atoms with Gasteiger partial charge in [-0.3, -0.25) is 0 Å². The average Bonchev–Trinajstić information content (AvgIpc) is 2.95.